The van der Waals surface area contributed by atoms with Gasteiger partial charge in [-0.05, 0) is 55.9 Å². The number of nitrogens with one attached hydrogen (secondary N) is 1. The molecule has 1 aromatic heterocycles. The maximum Gasteiger partial charge on any atom is 0.254 e. The standard InChI is InChI=1S/C18H21N3O3/c1-12-9-19-20-15(12)7-13-3-2-6-21(10-13)18(22)14-4-5-16-17(8-14)24-11-23-16/h4-5,8-9,13H,2-3,6-7,10-11H2,1H3,(H,19,20)/t13-/m1/s1. The molecule has 24 heavy (non-hydrogen) atoms. The maximum absolute atomic E-state index is 12.8. The van der Waals surface area contributed by atoms with Crippen LogP contribution in [0.1, 0.15) is 34.5 Å². The van der Waals surface area contributed by atoms with Gasteiger partial charge in [0.15, 0.2) is 11.5 Å². The topological polar surface area (TPSA) is 67.5 Å². The number of nitrogens with zero attached hydrogens (tertiary/aromatic N) is 2. The first-order valence-electron chi connectivity index (χ1n) is 8.38. The number of likely N-dealkylation sites (tertiary alicyclic amines) is 1. The highest BCUT2D eigenvalue weighted by Gasteiger charge is 2.26. The number of carbonyl (C=O) groups excluding carboxylic acids is 1. The summed E-state index contributed by atoms with van der Waals surface area (Å²) >= 11 is 0. The van der Waals surface area contributed by atoms with Crippen molar-refractivity contribution in [1.82, 2.24) is 15.1 Å². The van der Waals surface area contributed by atoms with E-state index in [4.69, 9.17) is 9.47 Å². The van der Waals surface area contributed by atoms with Crippen LogP contribution in [-0.4, -0.2) is 40.9 Å². The van der Waals surface area contributed by atoms with Crippen LogP contribution < -0.4 is 9.47 Å². The Hall–Kier alpha value is -2.50. The van der Waals surface area contributed by atoms with E-state index in [2.05, 4.69) is 17.1 Å². The average molecular weight is 327 g/mol. The molecule has 3 heterocycles. The number of amides is 1. The Morgan fingerprint density at radius 2 is 2.25 bits per heavy atom. The van der Waals surface area contributed by atoms with E-state index in [1.54, 1.807) is 6.07 Å². The molecule has 126 valence electrons. The zero-order valence-electron chi connectivity index (χ0n) is 13.7. The van der Waals surface area contributed by atoms with Crippen LogP contribution in [-0.2, 0) is 6.42 Å². The Morgan fingerprint density at radius 1 is 1.38 bits per heavy atom. The Kier molecular flexibility index (Phi) is 3.88. The molecule has 1 N–H and O–H groups in total. The molecule has 0 saturated carbocycles. The van der Waals surface area contributed by atoms with E-state index >= 15 is 0 Å². The van der Waals surface area contributed by atoms with Gasteiger partial charge in [0.2, 0.25) is 6.79 Å². The fraction of sp³-hybridized carbons (Fsp3) is 0.444. The summed E-state index contributed by atoms with van der Waals surface area (Å²) in [5.41, 5.74) is 3.03. The lowest BCUT2D eigenvalue weighted by Gasteiger charge is -2.33. The molecule has 0 unspecified atom stereocenters. The Balaban J connectivity index is 1.45. The van der Waals surface area contributed by atoms with Crippen LogP contribution in [0.5, 0.6) is 11.5 Å². The number of rotatable bonds is 3. The van der Waals surface area contributed by atoms with Gasteiger partial charge in [0.1, 0.15) is 0 Å². The monoisotopic (exact) mass is 327 g/mol. The average Bonchev–Trinajstić information content (AvgIpc) is 3.23. The van der Waals surface area contributed by atoms with Gasteiger partial charge in [0, 0.05) is 24.3 Å². The summed E-state index contributed by atoms with van der Waals surface area (Å²) in [6.07, 6.45) is 4.97. The van der Waals surface area contributed by atoms with Crippen LogP contribution >= 0.6 is 0 Å². The summed E-state index contributed by atoms with van der Waals surface area (Å²) in [4.78, 5) is 14.8. The third-order valence-electron chi connectivity index (χ3n) is 4.85. The van der Waals surface area contributed by atoms with Crippen molar-refractivity contribution in [2.24, 2.45) is 5.92 Å². The predicted octanol–water partition coefficient (Wildman–Crippen LogP) is 2.54. The second-order valence-corrected chi connectivity index (χ2v) is 6.56. The summed E-state index contributed by atoms with van der Waals surface area (Å²) < 4.78 is 10.7. The van der Waals surface area contributed by atoms with Gasteiger partial charge in [-0.15, -0.1) is 0 Å². The number of piperidine rings is 1. The predicted molar refractivity (Wildman–Crippen MR) is 88.2 cm³/mol. The maximum atomic E-state index is 12.8. The molecule has 2 aromatic rings. The Morgan fingerprint density at radius 3 is 3.08 bits per heavy atom. The van der Waals surface area contributed by atoms with E-state index in [9.17, 15) is 4.79 Å². The number of hydrogen-bond donors (Lipinski definition) is 1. The largest absolute Gasteiger partial charge is 0.454 e. The number of carbonyl (C=O) groups is 1. The molecule has 0 radical (unpaired) electrons. The van der Waals surface area contributed by atoms with Gasteiger partial charge in [0.05, 0.1) is 6.20 Å². The lowest BCUT2D eigenvalue weighted by atomic mass is 9.92. The van der Waals surface area contributed by atoms with Gasteiger partial charge in [0.25, 0.3) is 5.91 Å². The summed E-state index contributed by atoms with van der Waals surface area (Å²) in [5, 5.41) is 7.16. The number of aromatic nitrogens is 2. The van der Waals surface area contributed by atoms with Crippen LogP contribution in [0.3, 0.4) is 0 Å². The summed E-state index contributed by atoms with van der Waals surface area (Å²) in [6.45, 7) is 3.89. The van der Waals surface area contributed by atoms with Crippen LogP contribution in [0.15, 0.2) is 24.4 Å². The quantitative estimate of drug-likeness (QED) is 0.941. The third kappa shape index (κ3) is 2.84. The number of aryl methyl sites for hydroxylation is 1. The Labute approximate surface area is 140 Å². The lowest BCUT2D eigenvalue weighted by Crippen LogP contribution is -2.40. The molecular weight excluding hydrogens is 306 g/mol. The van der Waals surface area contributed by atoms with E-state index in [0.717, 1.165) is 32.4 Å². The summed E-state index contributed by atoms with van der Waals surface area (Å²) in [5.74, 6) is 1.90. The molecule has 0 bridgehead atoms. The van der Waals surface area contributed by atoms with E-state index in [1.165, 1.54) is 11.3 Å². The fourth-order valence-corrected chi connectivity index (χ4v) is 3.50. The van der Waals surface area contributed by atoms with Gasteiger partial charge >= 0.3 is 0 Å². The summed E-state index contributed by atoms with van der Waals surface area (Å²) in [7, 11) is 0. The fourth-order valence-electron chi connectivity index (χ4n) is 3.50. The molecule has 4 rings (SSSR count). The van der Waals surface area contributed by atoms with Crippen LogP contribution in [0, 0.1) is 12.8 Å². The Bertz CT molecular complexity index is 756. The molecule has 2 aliphatic rings. The first-order chi connectivity index (χ1) is 11.7. The molecule has 1 saturated heterocycles. The number of aromatic amines is 1. The van der Waals surface area contributed by atoms with E-state index in [-0.39, 0.29) is 12.7 Å². The zero-order valence-corrected chi connectivity index (χ0v) is 13.7. The molecule has 1 amide bonds. The first-order valence-corrected chi connectivity index (χ1v) is 8.38. The normalized spacial score (nSPS) is 19.5. The first kappa shape index (κ1) is 15.1. The molecule has 1 fully saturated rings. The molecule has 0 spiro atoms. The third-order valence-corrected chi connectivity index (χ3v) is 4.85. The highest BCUT2D eigenvalue weighted by atomic mass is 16.7. The highest BCUT2D eigenvalue weighted by molar-refractivity contribution is 5.95. The van der Waals surface area contributed by atoms with Gasteiger partial charge in [-0.2, -0.15) is 5.10 Å². The number of fused-ring (bicyclic) bond motifs is 1. The van der Waals surface area contributed by atoms with E-state index < -0.39 is 0 Å². The molecule has 6 heteroatoms. The molecule has 1 atom stereocenters. The number of benzene rings is 1. The van der Waals surface area contributed by atoms with Gasteiger partial charge in [-0.1, -0.05) is 0 Å². The molecular formula is C18H21N3O3. The van der Waals surface area contributed by atoms with Gasteiger partial charge < -0.3 is 14.4 Å². The van der Waals surface area contributed by atoms with Crippen molar-refractivity contribution < 1.29 is 14.3 Å². The van der Waals surface area contributed by atoms with Crippen LogP contribution in [0.25, 0.3) is 0 Å². The van der Waals surface area contributed by atoms with Crippen molar-refractivity contribution in [3.05, 3.63) is 41.2 Å². The SMILES string of the molecule is Cc1cn[nH]c1C[C@H]1CCCN(C(=O)c2ccc3c(c2)OCO3)C1. The van der Waals surface area contributed by atoms with Crippen molar-refractivity contribution in [1.29, 1.82) is 0 Å². The number of ether oxygens (including phenoxy) is 2. The number of H-pyrrole nitrogens is 1. The minimum Gasteiger partial charge on any atom is -0.454 e. The number of hydrogen-bond acceptors (Lipinski definition) is 4. The second-order valence-electron chi connectivity index (χ2n) is 6.56. The van der Waals surface area contributed by atoms with Gasteiger partial charge in [-0.3, -0.25) is 9.89 Å². The van der Waals surface area contributed by atoms with Crippen LogP contribution in [0.4, 0.5) is 0 Å². The molecule has 1 aromatic carbocycles. The minimum absolute atomic E-state index is 0.0688. The van der Waals surface area contributed by atoms with Crippen molar-refractivity contribution in [2.45, 2.75) is 26.2 Å². The molecule has 6 nitrogen and oxygen atoms in total. The van der Waals surface area contributed by atoms with E-state index in [0.29, 0.717) is 23.0 Å². The molecule has 2 aliphatic heterocycles. The molecule has 0 aliphatic carbocycles. The summed E-state index contributed by atoms with van der Waals surface area (Å²) in [6, 6.07) is 5.41. The van der Waals surface area contributed by atoms with Crippen molar-refractivity contribution in [3.63, 3.8) is 0 Å². The second kappa shape index (κ2) is 6.19. The smallest absolute Gasteiger partial charge is 0.254 e. The van der Waals surface area contributed by atoms with Crippen molar-refractivity contribution in [2.75, 3.05) is 19.9 Å². The minimum atomic E-state index is 0.0688. The van der Waals surface area contributed by atoms with E-state index in [1.807, 2.05) is 23.2 Å². The van der Waals surface area contributed by atoms with Gasteiger partial charge in [-0.25, -0.2) is 0 Å². The van der Waals surface area contributed by atoms with Crippen molar-refractivity contribution >= 4 is 5.91 Å². The van der Waals surface area contributed by atoms with Crippen LogP contribution in [0.2, 0.25) is 0 Å². The highest BCUT2D eigenvalue weighted by Crippen LogP contribution is 2.33. The van der Waals surface area contributed by atoms with Crippen molar-refractivity contribution in [3.8, 4) is 11.5 Å². The lowest BCUT2D eigenvalue weighted by molar-refractivity contribution is 0.0672. The zero-order chi connectivity index (χ0) is 16.5.